The first-order valence-corrected chi connectivity index (χ1v) is 7.66. The topological polar surface area (TPSA) is 29.1 Å². The van der Waals surface area contributed by atoms with Crippen LogP contribution >= 0.6 is 43.2 Å². The standard InChI is InChI=1S/C12H6Br2F3NOS/c13-8-2-1-7(12(15,16)17)4-9(8)18-11(19)6-3-10(14)20-5-6/h1-5H,(H,18,19). The van der Waals surface area contributed by atoms with Crippen molar-refractivity contribution < 1.29 is 18.0 Å². The Hall–Kier alpha value is -0.860. The average molecular weight is 429 g/mol. The molecule has 0 aliphatic rings. The summed E-state index contributed by atoms with van der Waals surface area (Å²) in [5.41, 5.74) is -0.360. The van der Waals surface area contributed by atoms with Crippen LogP contribution in [0.1, 0.15) is 15.9 Å². The minimum atomic E-state index is -4.45. The Morgan fingerprint density at radius 3 is 2.45 bits per heavy atom. The molecule has 0 atom stereocenters. The Labute approximate surface area is 133 Å². The van der Waals surface area contributed by atoms with E-state index in [1.807, 2.05) is 0 Å². The normalized spacial score (nSPS) is 11.4. The van der Waals surface area contributed by atoms with Gasteiger partial charge in [-0.05, 0) is 56.1 Å². The van der Waals surface area contributed by atoms with Crippen LogP contribution in [-0.4, -0.2) is 5.91 Å². The largest absolute Gasteiger partial charge is 0.416 e. The maximum absolute atomic E-state index is 12.6. The number of carbonyl (C=O) groups excluding carboxylic acids is 1. The maximum Gasteiger partial charge on any atom is 0.416 e. The van der Waals surface area contributed by atoms with Gasteiger partial charge in [0.2, 0.25) is 0 Å². The van der Waals surface area contributed by atoms with E-state index in [4.69, 9.17) is 0 Å². The molecule has 2 nitrogen and oxygen atoms in total. The Morgan fingerprint density at radius 2 is 1.90 bits per heavy atom. The van der Waals surface area contributed by atoms with Gasteiger partial charge in [0, 0.05) is 9.85 Å². The van der Waals surface area contributed by atoms with Crippen molar-refractivity contribution in [2.45, 2.75) is 6.18 Å². The van der Waals surface area contributed by atoms with Gasteiger partial charge in [-0.2, -0.15) is 13.2 Å². The monoisotopic (exact) mass is 427 g/mol. The molecule has 20 heavy (non-hydrogen) atoms. The first kappa shape index (κ1) is 15.5. The molecular weight excluding hydrogens is 423 g/mol. The predicted octanol–water partition coefficient (Wildman–Crippen LogP) is 5.54. The molecule has 0 fully saturated rings. The number of hydrogen-bond acceptors (Lipinski definition) is 2. The molecule has 0 unspecified atom stereocenters. The van der Waals surface area contributed by atoms with E-state index in [1.165, 1.54) is 17.4 Å². The Kier molecular flexibility index (Phi) is 4.55. The van der Waals surface area contributed by atoms with Gasteiger partial charge in [-0.1, -0.05) is 0 Å². The first-order valence-electron chi connectivity index (χ1n) is 5.19. The van der Waals surface area contributed by atoms with Gasteiger partial charge in [0.15, 0.2) is 0 Å². The van der Waals surface area contributed by atoms with E-state index in [-0.39, 0.29) is 5.69 Å². The van der Waals surface area contributed by atoms with Gasteiger partial charge in [0.05, 0.1) is 20.6 Å². The van der Waals surface area contributed by atoms with Crippen molar-refractivity contribution in [3.8, 4) is 0 Å². The van der Waals surface area contributed by atoms with Gasteiger partial charge in [0.1, 0.15) is 0 Å². The highest BCUT2D eigenvalue weighted by molar-refractivity contribution is 9.11. The molecule has 1 aromatic carbocycles. The number of thiophene rings is 1. The second-order valence-corrected chi connectivity index (χ2v) is 6.93. The number of alkyl halides is 3. The Morgan fingerprint density at radius 1 is 1.20 bits per heavy atom. The smallest absolute Gasteiger partial charge is 0.321 e. The Balaban J connectivity index is 2.27. The van der Waals surface area contributed by atoms with Crippen LogP contribution in [0.15, 0.2) is 37.9 Å². The summed E-state index contributed by atoms with van der Waals surface area (Å²) in [4.78, 5) is 11.9. The van der Waals surface area contributed by atoms with Crippen LogP contribution in [0.5, 0.6) is 0 Å². The number of carbonyl (C=O) groups is 1. The second kappa shape index (κ2) is 5.87. The third-order valence-corrected chi connectivity index (χ3v) is 4.57. The molecule has 106 valence electrons. The molecule has 0 aliphatic carbocycles. The number of halogens is 5. The molecule has 1 aromatic heterocycles. The van der Waals surface area contributed by atoms with E-state index in [1.54, 1.807) is 11.4 Å². The van der Waals surface area contributed by atoms with Crippen LogP contribution in [-0.2, 0) is 6.18 Å². The van der Waals surface area contributed by atoms with Crippen molar-refractivity contribution in [3.05, 3.63) is 49.0 Å². The highest BCUT2D eigenvalue weighted by Crippen LogP contribution is 2.34. The van der Waals surface area contributed by atoms with E-state index in [0.717, 1.165) is 15.9 Å². The third kappa shape index (κ3) is 3.62. The lowest BCUT2D eigenvalue weighted by atomic mass is 10.2. The van der Waals surface area contributed by atoms with Gasteiger partial charge >= 0.3 is 6.18 Å². The fraction of sp³-hybridized carbons (Fsp3) is 0.0833. The minimum absolute atomic E-state index is 0.0761. The summed E-state index contributed by atoms with van der Waals surface area (Å²) in [6, 6.07) is 4.69. The van der Waals surface area contributed by atoms with Crippen molar-refractivity contribution >= 4 is 54.8 Å². The van der Waals surface area contributed by atoms with Gasteiger partial charge < -0.3 is 5.32 Å². The zero-order valence-corrected chi connectivity index (χ0v) is 13.6. The van der Waals surface area contributed by atoms with Crippen LogP contribution in [0.4, 0.5) is 18.9 Å². The van der Waals surface area contributed by atoms with Crippen molar-refractivity contribution in [2.75, 3.05) is 5.32 Å². The number of nitrogens with one attached hydrogen (secondary N) is 1. The van der Waals surface area contributed by atoms with E-state index in [2.05, 4.69) is 37.2 Å². The molecular formula is C12H6Br2F3NOS. The number of amides is 1. The fourth-order valence-corrected chi connectivity index (χ4v) is 2.90. The molecule has 0 saturated heterocycles. The Bertz CT molecular complexity index is 654. The van der Waals surface area contributed by atoms with Crippen LogP contribution in [0, 0.1) is 0 Å². The third-order valence-electron chi connectivity index (χ3n) is 2.37. The zero-order valence-electron chi connectivity index (χ0n) is 9.59. The fourth-order valence-electron chi connectivity index (χ4n) is 1.42. The van der Waals surface area contributed by atoms with E-state index in [0.29, 0.717) is 10.0 Å². The summed E-state index contributed by atoms with van der Waals surface area (Å²) in [5.74, 6) is -0.466. The highest BCUT2D eigenvalue weighted by atomic mass is 79.9. The van der Waals surface area contributed by atoms with E-state index < -0.39 is 17.6 Å². The van der Waals surface area contributed by atoms with Crippen LogP contribution < -0.4 is 5.32 Å². The summed E-state index contributed by atoms with van der Waals surface area (Å²) >= 11 is 7.65. The van der Waals surface area contributed by atoms with Gasteiger partial charge in [0.25, 0.3) is 5.91 Å². The van der Waals surface area contributed by atoms with Gasteiger partial charge in [-0.3, -0.25) is 4.79 Å². The lowest BCUT2D eigenvalue weighted by Gasteiger charge is -2.11. The number of anilines is 1. The molecule has 8 heteroatoms. The molecule has 1 heterocycles. The maximum atomic E-state index is 12.6. The molecule has 2 aromatic rings. The molecule has 0 radical (unpaired) electrons. The van der Waals surface area contributed by atoms with Crippen molar-refractivity contribution in [3.63, 3.8) is 0 Å². The minimum Gasteiger partial charge on any atom is -0.321 e. The number of benzene rings is 1. The molecule has 0 aliphatic heterocycles. The molecule has 2 rings (SSSR count). The van der Waals surface area contributed by atoms with Crippen molar-refractivity contribution in [1.82, 2.24) is 0 Å². The van der Waals surface area contributed by atoms with Crippen molar-refractivity contribution in [2.24, 2.45) is 0 Å². The van der Waals surface area contributed by atoms with Crippen LogP contribution in [0.25, 0.3) is 0 Å². The average Bonchev–Trinajstić information content (AvgIpc) is 2.77. The van der Waals surface area contributed by atoms with E-state index >= 15 is 0 Å². The van der Waals surface area contributed by atoms with Gasteiger partial charge in [-0.15, -0.1) is 11.3 Å². The van der Waals surface area contributed by atoms with Crippen LogP contribution in [0.2, 0.25) is 0 Å². The van der Waals surface area contributed by atoms with Crippen LogP contribution in [0.3, 0.4) is 0 Å². The quantitative estimate of drug-likeness (QED) is 0.668. The summed E-state index contributed by atoms with van der Waals surface area (Å²) in [6.07, 6.45) is -4.45. The predicted molar refractivity (Wildman–Crippen MR) is 79.1 cm³/mol. The highest BCUT2D eigenvalue weighted by Gasteiger charge is 2.31. The second-order valence-electron chi connectivity index (χ2n) is 3.79. The summed E-state index contributed by atoms with van der Waals surface area (Å²) in [6.45, 7) is 0. The molecule has 1 N–H and O–H groups in total. The molecule has 0 spiro atoms. The van der Waals surface area contributed by atoms with Gasteiger partial charge in [-0.25, -0.2) is 0 Å². The SMILES string of the molecule is O=C(Nc1cc(C(F)(F)F)ccc1Br)c1csc(Br)c1. The molecule has 1 amide bonds. The van der Waals surface area contributed by atoms with E-state index in [9.17, 15) is 18.0 Å². The lowest BCUT2D eigenvalue weighted by Crippen LogP contribution is -2.13. The molecule has 0 saturated carbocycles. The summed E-state index contributed by atoms with van der Waals surface area (Å²) < 4.78 is 39.0. The summed E-state index contributed by atoms with van der Waals surface area (Å²) in [5, 5.41) is 4.06. The van der Waals surface area contributed by atoms with Crippen molar-refractivity contribution in [1.29, 1.82) is 0 Å². The first-order chi connectivity index (χ1) is 9.27. The lowest BCUT2D eigenvalue weighted by molar-refractivity contribution is -0.137. The zero-order chi connectivity index (χ0) is 14.9. The number of hydrogen-bond donors (Lipinski definition) is 1. The molecule has 0 bridgehead atoms. The number of rotatable bonds is 2. The summed E-state index contributed by atoms with van der Waals surface area (Å²) in [7, 11) is 0.